The fourth-order valence-corrected chi connectivity index (χ4v) is 1.78. The molecule has 0 aliphatic carbocycles. The van der Waals surface area contributed by atoms with Gasteiger partial charge in [-0.2, -0.15) is 4.98 Å². The van der Waals surface area contributed by atoms with Crippen LogP contribution in [0.15, 0.2) is 42.7 Å². The highest BCUT2D eigenvalue weighted by Gasteiger charge is 2.06. The third-order valence-corrected chi connectivity index (χ3v) is 2.72. The molecule has 0 bridgehead atoms. The fraction of sp³-hybridized carbons (Fsp3) is 0. The summed E-state index contributed by atoms with van der Waals surface area (Å²) in [5.74, 6) is 0.822. The molecule has 0 amide bonds. The van der Waals surface area contributed by atoms with Gasteiger partial charge in [-0.3, -0.25) is 4.98 Å². The van der Waals surface area contributed by atoms with Crippen molar-refractivity contribution in [1.29, 1.82) is 0 Å². The third-order valence-electron chi connectivity index (χ3n) is 2.54. The number of anilines is 1. The smallest absolute Gasteiger partial charge is 0.247 e. The quantitative estimate of drug-likeness (QED) is 0.726. The summed E-state index contributed by atoms with van der Waals surface area (Å²) in [5.41, 5.74) is 6.88. The number of benzene rings is 1. The Morgan fingerprint density at radius 2 is 2.05 bits per heavy atom. The molecule has 0 unspecified atom stereocenters. The van der Waals surface area contributed by atoms with Gasteiger partial charge in [-0.1, -0.05) is 6.07 Å². The lowest BCUT2D eigenvalue weighted by molar-refractivity contribution is 0.465. The van der Waals surface area contributed by atoms with Crippen LogP contribution in [0.5, 0.6) is 11.6 Å². The van der Waals surface area contributed by atoms with E-state index < -0.39 is 0 Å². The van der Waals surface area contributed by atoms with E-state index in [-0.39, 0.29) is 11.2 Å². The van der Waals surface area contributed by atoms with Crippen molar-refractivity contribution in [3.8, 4) is 11.6 Å². The Balaban J connectivity index is 1.98. The Hall–Kier alpha value is -2.40. The molecule has 5 nitrogen and oxygen atoms in total. The molecule has 0 saturated carbocycles. The van der Waals surface area contributed by atoms with Crippen LogP contribution in [0.2, 0.25) is 5.28 Å². The second kappa shape index (κ2) is 4.70. The lowest BCUT2D eigenvalue weighted by Crippen LogP contribution is -1.97. The van der Waals surface area contributed by atoms with Crippen molar-refractivity contribution in [2.24, 2.45) is 0 Å². The van der Waals surface area contributed by atoms with Gasteiger partial charge in [0.2, 0.25) is 11.2 Å². The molecule has 3 rings (SSSR count). The molecular formula is C13H9ClN4O. The predicted molar refractivity (Wildman–Crippen MR) is 73.3 cm³/mol. The second-order valence-corrected chi connectivity index (χ2v) is 4.20. The van der Waals surface area contributed by atoms with Crippen LogP contribution < -0.4 is 10.5 Å². The maximum atomic E-state index is 5.73. The molecule has 2 N–H and O–H groups in total. The number of pyridine rings is 1. The van der Waals surface area contributed by atoms with E-state index in [1.54, 1.807) is 6.20 Å². The van der Waals surface area contributed by atoms with Gasteiger partial charge >= 0.3 is 0 Å². The Labute approximate surface area is 114 Å². The summed E-state index contributed by atoms with van der Waals surface area (Å²) in [6.07, 6.45) is 3.13. The molecule has 3 aromatic rings. The molecule has 1 aromatic carbocycles. The van der Waals surface area contributed by atoms with Crippen molar-refractivity contribution in [1.82, 2.24) is 15.0 Å². The van der Waals surface area contributed by atoms with Crippen LogP contribution in [0.1, 0.15) is 0 Å². The average molecular weight is 273 g/mol. The van der Waals surface area contributed by atoms with Gasteiger partial charge in [0.05, 0.1) is 11.7 Å². The Morgan fingerprint density at radius 3 is 2.95 bits per heavy atom. The number of nitrogens with two attached hydrogens (primary N) is 1. The molecule has 2 heterocycles. The van der Waals surface area contributed by atoms with E-state index in [1.807, 2.05) is 30.3 Å². The topological polar surface area (TPSA) is 73.9 Å². The lowest BCUT2D eigenvalue weighted by Gasteiger charge is -2.07. The highest BCUT2D eigenvalue weighted by atomic mass is 35.5. The van der Waals surface area contributed by atoms with Gasteiger partial charge in [0.25, 0.3) is 0 Å². The highest BCUT2D eigenvalue weighted by molar-refractivity contribution is 6.28. The molecule has 6 heteroatoms. The van der Waals surface area contributed by atoms with E-state index in [2.05, 4.69) is 15.0 Å². The summed E-state index contributed by atoms with van der Waals surface area (Å²) in [6.45, 7) is 0. The molecule has 0 fully saturated rings. The van der Waals surface area contributed by atoms with Gasteiger partial charge in [0, 0.05) is 17.6 Å². The maximum absolute atomic E-state index is 5.73. The van der Waals surface area contributed by atoms with Crippen LogP contribution in [0, 0.1) is 0 Å². The maximum Gasteiger partial charge on any atom is 0.247 e. The van der Waals surface area contributed by atoms with E-state index in [9.17, 15) is 0 Å². The van der Waals surface area contributed by atoms with Gasteiger partial charge in [0.15, 0.2) is 0 Å². The van der Waals surface area contributed by atoms with Gasteiger partial charge < -0.3 is 10.5 Å². The Bertz CT molecular complexity index is 748. The first-order valence-corrected chi connectivity index (χ1v) is 5.91. The van der Waals surface area contributed by atoms with Crippen molar-refractivity contribution >= 4 is 28.2 Å². The normalized spacial score (nSPS) is 10.6. The van der Waals surface area contributed by atoms with Crippen molar-refractivity contribution in [2.75, 3.05) is 5.73 Å². The summed E-state index contributed by atoms with van der Waals surface area (Å²) in [6, 6.07) is 9.40. The minimum atomic E-state index is 0.0862. The van der Waals surface area contributed by atoms with Crippen molar-refractivity contribution in [3.05, 3.63) is 48.0 Å². The van der Waals surface area contributed by atoms with E-state index >= 15 is 0 Å². The van der Waals surface area contributed by atoms with Crippen LogP contribution in [0.4, 0.5) is 5.69 Å². The van der Waals surface area contributed by atoms with Gasteiger partial charge in [0.1, 0.15) is 11.4 Å². The molecule has 19 heavy (non-hydrogen) atoms. The van der Waals surface area contributed by atoms with Crippen LogP contribution in [0.3, 0.4) is 0 Å². The summed E-state index contributed by atoms with van der Waals surface area (Å²) in [4.78, 5) is 12.0. The summed E-state index contributed by atoms with van der Waals surface area (Å²) in [5, 5.41) is 1.12. The average Bonchev–Trinajstić information content (AvgIpc) is 2.43. The molecule has 0 radical (unpaired) electrons. The number of hydrogen-bond acceptors (Lipinski definition) is 5. The lowest BCUT2D eigenvalue weighted by atomic mass is 10.2. The molecule has 94 valence electrons. The van der Waals surface area contributed by atoms with Crippen LogP contribution in [-0.2, 0) is 0 Å². The number of halogens is 1. The van der Waals surface area contributed by atoms with Gasteiger partial charge in [-0.05, 0) is 29.8 Å². The number of rotatable bonds is 2. The second-order valence-electron chi connectivity index (χ2n) is 3.86. The largest absolute Gasteiger partial charge is 0.437 e. The molecule has 0 aliphatic rings. The Kier molecular flexibility index (Phi) is 2.89. The number of nitrogen functional groups attached to an aromatic ring is 1. The molecule has 0 atom stereocenters. The van der Waals surface area contributed by atoms with E-state index in [0.29, 0.717) is 11.4 Å². The minimum Gasteiger partial charge on any atom is -0.437 e. The third kappa shape index (κ3) is 2.41. The summed E-state index contributed by atoms with van der Waals surface area (Å²) in [7, 11) is 0. The summed E-state index contributed by atoms with van der Waals surface area (Å²) >= 11 is 5.71. The SMILES string of the molecule is Nc1cnc(Cl)nc1Oc1ccc2cccnc2c1. The number of fused-ring (bicyclic) bond motifs is 1. The number of hydrogen-bond donors (Lipinski definition) is 1. The van der Waals surface area contributed by atoms with E-state index in [1.165, 1.54) is 6.20 Å². The first kappa shape index (κ1) is 11.7. The first-order chi connectivity index (χ1) is 9.22. The molecule has 0 aliphatic heterocycles. The number of nitrogens with zero attached hydrogens (tertiary/aromatic N) is 3. The minimum absolute atomic E-state index is 0.0862. The van der Waals surface area contributed by atoms with Crippen LogP contribution >= 0.6 is 11.6 Å². The van der Waals surface area contributed by atoms with Gasteiger partial charge in [-0.25, -0.2) is 4.98 Å². The van der Waals surface area contributed by atoms with Crippen LogP contribution in [-0.4, -0.2) is 15.0 Å². The first-order valence-electron chi connectivity index (χ1n) is 5.53. The zero-order valence-corrected chi connectivity index (χ0v) is 10.5. The van der Waals surface area contributed by atoms with Crippen molar-refractivity contribution in [2.45, 2.75) is 0 Å². The van der Waals surface area contributed by atoms with Crippen molar-refractivity contribution in [3.63, 3.8) is 0 Å². The van der Waals surface area contributed by atoms with E-state index in [0.717, 1.165) is 10.9 Å². The Morgan fingerprint density at radius 1 is 1.16 bits per heavy atom. The molecular weight excluding hydrogens is 264 g/mol. The van der Waals surface area contributed by atoms with Crippen molar-refractivity contribution < 1.29 is 4.74 Å². The molecule has 2 aromatic heterocycles. The van der Waals surface area contributed by atoms with E-state index in [4.69, 9.17) is 22.1 Å². The fourth-order valence-electron chi connectivity index (χ4n) is 1.66. The zero-order chi connectivity index (χ0) is 13.2. The molecule has 0 saturated heterocycles. The predicted octanol–water partition coefficient (Wildman–Crippen LogP) is 3.05. The monoisotopic (exact) mass is 272 g/mol. The van der Waals surface area contributed by atoms with Gasteiger partial charge in [-0.15, -0.1) is 0 Å². The number of aromatic nitrogens is 3. The number of ether oxygens (including phenoxy) is 1. The highest BCUT2D eigenvalue weighted by Crippen LogP contribution is 2.27. The standard InChI is InChI=1S/C13H9ClN4O/c14-13-17-7-10(15)12(18-13)19-9-4-3-8-2-1-5-16-11(8)6-9/h1-7H,15H2. The van der Waals surface area contributed by atoms with Crippen LogP contribution in [0.25, 0.3) is 10.9 Å². The zero-order valence-electron chi connectivity index (χ0n) is 9.75. The summed E-state index contributed by atoms with van der Waals surface area (Å²) < 4.78 is 5.60. The molecule has 0 spiro atoms.